The Labute approximate surface area is 109 Å². The number of aromatic nitrogens is 2. The molecule has 1 fully saturated rings. The van der Waals surface area contributed by atoms with Crippen molar-refractivity contribution in [3.05, 3.63) is 33.1 Å². The van der Waals surface area contributed by atoms with Crippen LogP contribution < -0.4 is 11.1 Å². The number of piperidine rings is 1. The third-order valence-electron chi connectivity index (χ3n) is 3.21. The fraction of sp³-hybridized carbons (Fsp3) is 0.500. The van der Waals surface area contributed by atoms with E-state index in [0.29, 0.717) is 25.9 Å². The van der Waals surface area contributed by atoms with Crippen LogP contribution in [-0.4, -0.2) is 38.8 Å². The molecule has 1 aliphatic rings. The van der Waals surface area contributed by atoms with Crippen molar-refractivity contribution in [2.75, 3.05) is 13.1 Å². The summed E-state index contributed by atoms with van der Waals surface area (Å²) >= 11 is 0. The quantitative estimate of drug-likeness (QED) is 0.625. The monoisotopic (exact) mass is 265 g/mol. The maximum absolute atomic E-state index is 12.0. The number of aryl methyl sites for hydroxylation is 1. The molecule has 0 spiro atoms. The summed E-state index contributed by atoms with van der Waals surface area (Å²) in [6.07, 6.45) is 3.57. The minimum atomic E-state index is -0.716. The van der Waals surface area contributed by atoms with Gasteiger partial charge in [-0.2, -0.15) is 0 Å². The minimum absolute atomic E-state index is 0.148. The smallest absolute Gasteiger partial charge is 0.316 e. The number of hydrogen-bond donors (Lipinski definition) is 0. The van der Waals surface area contributed by atoms with Gasteiger partial charge in [-0.3, -0.25) is 23.7 Å². The molecule has 0 radical (unpaired) electrons. The molecule has 0 atom stereocenters. The van der Waals surface area contributed by atoms with Gasteiger partial charge in [0.25, 0.3) is 0 Å². The fourth-order valence-electron chi connectivity index (χ4n) is 1.97. The van der Waals surface area contributed by atoms with Crippen LogP contribution >= 0.6 is 0 Å². The van der Waals surface area contributed by atoms with Gasteiger partial charge in [0.05, 0.1) is 0 Å². The zero-order valence-electron chi connectivity index (χ0n) is 10.7. The first-order chi connectivity index (χ1) is 8.99. The summed E-state index contributed by atoms with van der Waals surface area (Å²) in [4.78, 5) is 47.7. The molecule has 1 aromatic rings. The van der Waals surface area contributed by atoms with E-state index in [-0.39, 0.29) is 18.2 Å². The molecule has 0 unspecified atom stereocenters. The number of nitrogens with zero attached hydrogens (tertiary/aromatic N) is 3. The molecular formula is C12H15N3O4. The molecule has 2 rings (SSSR count). The van der Waals surface area contributed by atoms with Crippen molar-refractivity contribution in [3.63, 3.8) is 0 Å². The third kappa shape index (κ3) is 2.81. The van der Waals surface area contributed by atoms with E-state index in [2.05, 4.69) is 0 Å². The van der Waals surface area contributed by atoms with Crippen LogP contribution in [0.2, 0.25) is 0 Å². The predicted octanol–water partition coefficient (Wildman–Crippen LogP) is -1.26. The summed E-state index contributed by atoms with van der Waals surface area (Å²) in [5, 5.41) is 0. The standard InChI is InChI=1S/C12H15N3O4/c1-13-6-7-15(12(19)11(13)18)8-10(17)14-4-2-9(16)3-5-14/h6-7H,2-5,8H2,1H3. The molecular weight excluding hydrogens is 250 g/mol. The number of carbonyl (C=O) groups is 2. The van der Waals surface area contributed by atoms with Gasteiger partial charge in [0.2, 0.25) is 5.91 Å². The number of Topliss-reactive ketones (excluding diaryl/α,β-unsaturated/α-hetero) is 1. The van der Waals surface area contributed by atoms with Crippen LogP contribution in [0, 0.1) is 0 Å². The van der Waals surface area contributed by atoms with Crippen LogP contribution in [0.3, 0.4) is 0 Å². The van der Waals surface area contributed by atoms with E-state index in [1.54, 1.807) is 4.90 Å². The van der Waals surface area contributed by atoms with Crippen molar-refractivity contribution in [2.45, 2.75) is 19.4 Å². The summed E-state index contributed by atoms with van der Waals surface area (Å²) in [5.74, 6) is -0.0994. The average Bonchev–Trinajstić information content (AvgIpc) is 2.40. The Morgan fingerprint density at radius 1 is 1.11 bits per heavy atom. The van der Waals surface area contributed by atoms with Crippen molar-refractivity contribution >= 4 is 11.7 Å². The largest absolute Gasteiger partial charge is 0.340 e. The van der Waals surface area contributed by atoms with E-state index in [1.165, 1.54) is 24.0 Å². The molecule has 0 aliphatic carbocycles. The Kier molecular flexibility index (Phi) is 3.64. The van der Waals surface area contributed by atoms with Crippen molar-refractivity contribution in [1.82, 2.24) is 14.0 Å². The van der Waals surface area contributed by atoms with Crippen molar-refractivity contribution < 1.29 is 9.59 Å². The maximum atomic E-state index is 12.0. The molecule has 1 aliphatic heterocycles. The second kappa shape index (κ2) is 5.21. The molecule has 0 saturated carbocycles. The number of hydrogen-bond acceptors (Lipinski definition) is 4. The van der Waals surface area contributed by atoms with Crippen molar-refractivity contribution in [2.24, 2.45) is 7.05 Å². The Balaban J connectivity index is 2.12. The van der Waals surface area contributed by atoms with Gasteiger partial charge in [-0.25, -0.2) is 0 Å². The molecule has 0 N–H and O–H groups in total. The van der Waals surface area contributed by atoms with Gasteiger partial charge >= 0.3 is 11.1 Å². The molecule has 1 amide bonds. The van der Waals surface area contributed by atoms with Gasteiger partial charge in [0.15, 0.2) is 0 Å². The van der Waals surface area contributed by atoms with Crippen LogP contribution in [0.15, 0.2) is 22.0 Å². The van der Waals surface area contributed by atoms with E-state index in [0.717, 1.165) is 4.57 Å². The minimum Gasteiger partial charge on any atom is -0.340 e. The van der Waals surface area contributed by atoms with Gasteiger partial charge in [-0.1, -0.05) is 0 Å². The lowest BCUT2D eigenvalue weighted by molar-refractivity contribution is -0.135. The normalized spacial score (nSPS) is 15.6. The predicted molar refractivity (Wildman–Crippen MR) is 66.8 cm³/mol. The first kappa shape index (κ1) is 13.3. The van der Waals surface area contributed by atoms with Crippen molar-refractivity contribution in [3.8, 4) is 0 Å². The Morgan fingerprint density at radius 2 is 1.74 bits per heavy atom. The van der Waals surface area contributed by atoms with Gasteiger partial charge in [-0.05, 0) is 0 Å². The number of amides is 1. The lowest BCUT2D eigenvalue weighted by Gasteiger charge is -2.26. The van der Waals surface area contributed by atoms with Crippen LogP contribution in [0.25, 0.3) is 0 Å². The van der Waals surface area contributed by atoms with Gasteiger partial charge in [0.1, 0.15) is 12.3 Å². The van der Waals surface area contributed by atoms with Gasteiger partial charge in [-0.15, -0.1) is 0 Å². The molecule has 7 heteroatoms. The van der Waals surface area contributed by atoms with Crippen LogP contribution in [0.4, 0.5) is 0 Å². The zero-order chi connectivity index (χ0) is 14.0. The highest BCUT2D eigenvalue weighted by atomic mass is 16.2. The lowest BCUT2D eigenvalue weighted by Crippen LogP contribution is -2.45. The van der Waals surface area contributed by atoms with Crippen LogP contribution in [0.5, 0.6) is 0 Å². The van der Waals surface area contributed by atoms with Gasteiger partial charge < -0.3 is 9.47 Å². The average molecular weight is 265 g/mol. The number of rotatable bonds is 2. The number of likely N-dealkylation sites (tertiary alicyclic amines) is 1. The maximum Gasteiger partial charge on any atom is 0.316 e. The van der Waals surface area contributed by atoms with E-state index in [4.69, 9.17) is 0 Å². The third-order valence-corrected chi connectivity index (χ3v) is 3.21. The highest BCUT2D eigenvalue weighted by Crippen LogP contribution is 2.06. The topological polar surface area (TPSA) is 81.4 Å². The highest BCUT2D eigenvalue weighted by Gasteiger charge is 2.21. The van der Waals surface area contributed by atoms with E-state index in [1.807, 2.05) is 0 Å². The second-order valence-corrected chi connectivity index (χ2v) is 4.57. The molecule has 7 nitrogen and oxygen atoms in total. The van der Waals surface area contributed by atoms with E-state index >= 15 is 0 Å². The molecule has 2 heterocycles. The molecule has 1 saturated heterocycles. The summed E-state index contributed by atoms with van der Waals surface area (Å²) in [6.45, 7) is 0.609. The SMILES string of the molecule is Cn1ccn(CC(=O)N2CCC(=O)CC2)c(=O)c1=O. The lowest BCUT2D eigenvalue weighted by atomic mass is 10.1. The van der Waals surface area contributed by atoms with E-state index in [9.17, 15) is 19.2 Å². The van der Waals surface area contributed by atoms with Crippen molar-refractivity contribution in [1.29, 1.82) is 0 Å². The van der Waals surface area contributed by atoms with Crippen LogP contribution in [0.1, 0.15) is 12.8 Å². The fourth-order valence-corrected chi connectivity index (χ4v) is 1.97. The Morgan fingerprint density at radius 3 is 2.37 bits per heavy atom. The second-order valence-electron chi connectivity index (χ2n) is 4.57. The zero-order valence-corrected chi connectivity index (χ0v) is 10.7. The van der Waals surface area contributed by atoms with Gasteiger partial charge in [0, 0.05) is 45.4 Å². The summed E-state index contributed by atoms with van der Waals surface area (Å²) < 4.78 is 2.27. The first-order valence-corrected chi connectivity index (χ1v) is 6.04. The molecule has 102 valence electrons. The Hall–Kier alpha value is -2.18. The molecule has 0 aromatic carbocycles. The highest BCUT2D eigenvalue weighted by molar-refractivity contribution is 5.83. The summed E-state index contributed by atoms with van der Waals surface area (Å²) in [5.41, 5.74) is -1.38. The number of ketones is 1. The molecule has 19 heavy (non-hydrogen) atoms. The first-order valence-electron chi connectivity index (χ1n) is 6.04. The summed E-state index contributed by atoms with van der Waals surface area (Å²) in [6, 6.07) is 0. The number of carbonyl (C=O) groups excluding carboxylic acids is 2. The summed E-state index contributed by atoms with van der Waals surface area (Å²) in [7, 11) is 1.48. The van der Waals surface area contributed by atoms with E-state index < -0.39 is 11.1 Å². The molecule has 1 aromatic heterocycles. The van der Waals surface area contributed by atoms with Crippen LogP contribution in [-0.2, 0) is 23.2 Å². The molecule has 0 bridgehead atoms. The Bertz CT molecular complexity index is 619.